The fourth-order valence-corrected chi connectivity index (χ4v) is 2.90. The van der Waals surface area contributed by atoms with Gasteiger partial charge in [-0.05, 0) is 25.2 Å². The topological polar surface area (TPSA) is 223 Å². The highest BCUT2D eigenvalue weighted by Gasteiger charge is 2.31. The van der Waals surface area contributed by atoms with Crippen LogP contribution in [0.5, 0.6) is 0 Å². The summed E-state index contributed by atoms with van der Waals surface area (Å²) in [6.45, 7) is 8.10. The number of carboxylic acids is 1. The molecule has 0 bridgehead atoms. The van der Waals surface area contributed by atoms with Gasteiger partial charge in [0.05, 0.1) is 19.0 Å². The van der Waals surface area contributed by atoms with Crippen LogP contribution in [0.3, 0.4) is 0 Å². The molecule has 0 aliphatic carbocycles. The van der Waals surface area contributed by atoms with Crippen molar-refractivity contribution in [3.8, 4) is 0 Å². The molecule has 0 aromatic heterocycles. The van der Waals surface area contributed by atoms with E-state index in [0.717, 1.165) is 0 Å². The van der Waals surface area contributed by atoms with Gasteiger partial charge in [-0.3, -0.25) is 24.0 Å². The Bertz CT molecular complexity index is 758. The molecule has 5 atom stereocenters. The molecule has 9 N–H and O–H groups in total. The number of hydrogen-bond donors (Lipinski definition) is 7. The minimum Gasteiger partial charge on any atom is -0.480 e. The van der Waals surface area contributed by atoms with Gasteiger partial charge in [0.2, 0.25) is 29.5 Å². The first-order valence-corrected chi connectivity index (χ1v) is 11.1. The number of hydrogen-bond acceptors (Lipinski definition) is 7. The fraction of sp³-hybridized carbons (Fsp3) is 0.714. The van der Waals surface area contributed by atoms with E-state index in [4.69, 9.17) is 11.5 Å². The van der Waals surface area contributed by atoms with Crippen molar-refractivity contribution in [3.63, 3.8) is 0 Å². The second kappa shape index (κ2) is 14.8. The third kappa shape index (κ3) is 11.6. The Morgan fingerprint density at radius 3 is 1.94 bits per heavy atom. The summed E-state index contributed by atoms with van der Waals surface area (Å²) in [6.07, 6.45) is 0.368. The van der Waals surface area contributed by atoms with E-state index < -0.39 is 66.2 Å². The molecule has 0 fully saturated rings. The molecule has 194 valence electrons. The van der Waals surface area contributed by atoms with E-state index >= 15 is 0 Å². The molecule has 0 saturated heterocycles. The van der Waals surface area contributed by atoms with Crippen LogP contribution in [-0.2, 0) is 28.8 Å². The van der Waals surface area contributed by atoms with E-state index in [1.807, 2.05) is 20.8 Å². The maximum Gasteiger partial charge on any atom is 0.326 e. The Balaban J connectivity index is 5.00. The highest BCUT2D eigenvalue weighted by atomic mass is 16.4. The predicted molar refractivity (Wildman–Crippen MR) is 123 cm³/mol. The van der Waals surface area contributed by atoms with Gasteiger partial charge in [-0.15, -0.1) is 0 Å². The SMILES string of the molecule is CC[C@H](C)[C@H](NC(=O)[C@H](C)NC(=O)CNC(=O)[C@@H](N)CC(N)=O)C(=O)N[C@@H](CC(C)C)C(=O)O. The minimum atomic E-state index is -1.20. The zero-order chi connectivity index (χ0) is 26.6. The summed E-state index contributed by atoms with van der Waals surface area (Å²) in [5, 5.41) is 19.0. The quantitative estimate of drug-likeness (QED) is 0.136. The molecule has 13 heteroatoms. The third-order valence-corrected chi connectivity index (χ3v) is 5.07. The molecule has 0 rings (SSSR count). The lowest BCUT2D eigenvalue weighted by atomic mass is 9.96. The van der Waals surface area contributed by atoms with Gasteiger partial charge >= 0.3 is 5.97 Å². The lowest BCUT2D eigenvalue weighted by Gasteiger charge is -2.27. The molecule has 0 aromatic carbocycles. The average molecular weight is 487 g/mol. The van der Waals surface area contributed by atoms with Crippen molar-refractivity contribution in [2.75, 3.05) is 6.54 Å². The van der Waals surface area contributed by atoms with Crippen LogP contribution in [0, 0.1) is 11.8 Å². The number of carbonyl (C=O) groups is 6. The summed E-state index contributed by atoms with van der Waals surface area (Å²) in [5.41, 5.74) is 10.4. The van der Waals surface area contributed by atoms with Crippen molar-refractivity contribution in [3.05, 3.63) is 0 Å². The summed E-state index contributed by atoms with van der Waals surface area (Å²) in [7, 11) is 0. The van der Waals surface area contributed by atoms with Crippen LogP contribution in [0.25, 0.3) is 0 Å². The molecule has 13 nitrogen and oxygen atoms in total. The monoisotopic (exact) mass is 486 g/mol. The molecular formula is C21H38N6O7. The lowest BCUT2D eigenvalue weighted by molar-refractivity contribution is -0.143. The number of carboxylic acid groups (broad SMARTS) is 1. The highest BCUT2D eigenvalue weighted by molar-refractivity contribution is 5.94. The van der Waals surface area contributed by atoms with Crippen LogP contribution >= 0.6 is 0 Å². The predicted octanol–water partition coefficient (Wildman–Crippen LogP) is -2.04. The Kier molecular flexibility index (Phi) is 13.4. The number of primary amides is 1. The maximum atomic E-state index is 12.8. The van der Waals surface area contributed by atoms with Gasteiger partial charge in [0.1, 0.15) is 18.1 Å². The lowest BCUT2D eigenvalue weighted by Crippen LogP contribution is -2.57. The second-order valence-electron chi connectivity index (χ2n) is 8.68. The van der Waals surface area contributed by atoms with Crippen LogP contribution < -0.4 is 32.7 Å². The largest absolute Gasteiger partial charge is 0.480 e. The van der Waals surface area contributed by atoms with E-state index in [0.29, 0.717) is 6.42 Å². The first kappa shape index (κ1) is 30.8. The normalized spacial score (nSPS) is 15.3. The molecule has 0 radical (unpaired) electrons. The molecule has 0 aromatic rings. The summed E-state index contributed by atoms with van der Waals surface area (Å²) < 4.78 is 0. The molecular weight excluding hydrogens is 448 g/mol. The summed E-state index contributed by atoms with van der Waals surface area (Å²) >= 11 is 0. The van der Waals surface area contributed by atoms with Gasteiger partial charge in [0.25, 0.3) is 0 Å². The van der Waals surface area contributed by atoms with Crippen LogP contribution in [0.4, 0.5) is 0 Å². The molecule has 34 heavy (non-hydrogen) atoms. The average Bonchev–Trinajstić information content (AvgIpc) is 2.73. The molecule has 0 unspecified atom stereocenters. The van der Waals surface area contributed by atoms with Gasteiger partial charge < -0.3 is 37.8 Å². The Morgan fingerprint density at radius 1 is 0.882 bits per heavy atom. The van der Waals surface area contributed by atoms with Crippen molar-refractivity contribution < 1.29 is 33.9 Å². The van der Waals surface area contributed by atoms with Gasteiger partial charge in [-0.25, -0.2) is 4.79 Å². The smallest absolute Gasteiger partial charge is 0.326 e. The second-order valence-corrected chi connectivity index (χ2v) is 8.68. The zero-order valence-corrected chi connectivity index (χ0v) is 20.3. The van der Waals surface area contributed by atoms with Gasteiger partial charge in [-0.1, -0.05) is 34.1 Å². The number of nitrogens with two attached hydrogens (primary N) is 2. The van der Waals surface area contributed by atoms with Gasteiger partial charge in [-0.2, -0.15) is 0 Å². The van der Waals surface area contributed by atoms with Crippen LogP contribution in [-0.4, -0.2) is 71.3 Å². The van der Waals surface area contributed by atoms with Crippen molar-refractivity contribution in [2.45, 2.75) is 78.0 Å². The number of amides is 5. The van der Waals surface area contributed by atoms with E-state index in [1.165, 1.54) is 6.92 Å². The Morgan fingerprint density at radius 2 is 1.47 bits per heavy atom. The van der Waals surface area contributed by atoms with Crippen molar-refractivity contribution >= 4 is 35.5 Å². The van der Waals surface area contributed by atoms with Crippen molar-refractivity contribution in [2.24, 2.45) is 23.3 Å². The summed E-state index contributed by atoms with van der Waals surface area (Å²) in [5.74, 6) is -4.98. The van der Waals surface area contributed by atoms with E-state index in [-0.39, 0.29) is 24.7 Å². The van der Waals surface area contributed by atoms with Crippen LogP contribution in [0.1, 0.15) is 53.9 Å². The number of carbonyl (C=O) groups excluding carboxylic acids is 5. The van der Waals surface area contributed by atoms with E-state index in [2.05, 4.69) is 21.3 Å². The molecule has 0 aliphatic rings. The van der Waals surface area contributed by atoms with Gasteiger partial charge in [0.15, 0.2) is 0 Å². The summed E-state index contributed by atoms with van der Waals surface area (Å²) in [4.78, 5) is 71.4. The highest BCUT2D eigenvalue weighted by Crippen LogP contribution is 2.11. The van der Waals surface area contributed by atoms with Crippen LogP contribution in [0.2, 0.25) is 0 Å². The fourth-order valence-electron chi connectivity index (χ4n) is 2.90. The van der Waals surface area contributed by atoms with Crippen molar-refractivity contribution in [1.82, 2.24) is 21.3 Å². The van der Waals surface area contributed by atoms with E-state index in [9.17, 15) is 33.9 Å². The molecule has 0 saturated carbocycles. The molecule has 0 aliphatic heterocycles. The first-order valence-electron chi connectivity index (χ1n) is 11.1. The number of rotatable bonds is 15. The van der Waals surface area contributed by atoms with Gasteiger partial charge in [0, 0.05) is 0 Å². The Hall–Kier alpha value is -3.22. The molecule has 0 spiro atoms. The Labute approximate surface area is 199 Å². The first-order chi connectivity index (χ1) is 15.7. The molecule has 5 amide bonds. The molecule has 0 heterocycles. The minimum absolute atomic E-state index is 0.0270. The third-order valence-electron chi connectivity index (χ3n) is 5.07. The summed E-state index contributed by atoms with van der Waals surface area (Å²) in [6, 6.07) is -4.38. The van der Waals surface area contributed by atoms with E-state index in [1.54, 1.807) is 6.92 Å². The maximum absolute atomic E-state index is 12.8. The number of aliphatic carboxylic acids is 1. The standard InChI is InChI=1S/C21H38N6O7/c1-6-11(4)17(20(32)26-14(21(33)34)7-10(2)3)27-18(30)12(5)25-16(29)9-24-19(31)13(22)8-15(23)28/h10-14,17H,6-9,22H2,1-5H3,(H2,23,28)(H,24,31)(H,25,29)(H,26,32)(H,27,30)(H,33,34)/t11-,12-,13-,14-,17-/m0/s1. The number of nitrogens with one attached hydrogen (secondary N) is 4. The zero-order valence-electron chi connectivity index (χ0n) is 20.3. The van der Waals surface area contributed by atoms with Crippen LogP contribution in [0.15, 0.2) is 0 Å². The van der Waals surface area contributed by atoms with Crippen molar-refractivity contribution in [1.29, 1.82) is 0 Å².